The predicted molar refractivity (Wildman–Crippen MR) is 105 cm³/mol. The van der Waals surface area contributed by atoms with Gasteiger partial charge >= 0.3 is 0 Å². The van der Waals surface area contributed by atoms with Crippen molar-refractivity contribution >= 4 is 23.2 Å². The van der Waals surface area contributed by atoms with Gasteiger partial charge in [-0.15, -0.1) is 0 Å². The maximum Gasteiger partial charge on any atom is 0.255 e. The van der Waals surface area contributed by atoms with Crippen molar-refractivity contribution in [1.82, 2.24) is 0 Å². The first kappa shape index (κ1) is 19.5. The number of benzene rings is 2. The zero-order valence-corrected chi connectivity index (χ0v) is 15.5. The minimum Gasteiger partial charge on any atom is -0.494 e. The Labute approximate surface area is 154 Å². The van der Waals surface area contributed by atoms with Crippen LogP contribution in [-0.4, -0.2) is 18.4 Å². The molecule has 0 spiro atoms. The summed E-state index contributed by atoms with van der Waals surface area (Å²) >= 11 is 0. The molecule has 0 saturated carbocycles. The number of carbonyl (C=O) groups is 2. The van der Waals surface area contributed by atoms with Crippen LogP contribution in [0.5, 0.6) is 5.75 Å². The summed E-state index contributed by atoms with van der Waals surface area (Å²) in [5.74, 6) is 0.960. The van der Waals surface area contributed by atoms with Crippen molar-refractivity contribution < 1.29 is 14.3 Å². The standard InChI is InChI=1S/C21H26N2O3/c1-4-20(24)22-17-8-6-9-18(14-17)23-21(25)16-7-5-10-19(13-16)26-12-11-15(2)3/h5-10,13-15H,4,11-12H2,1-3H3,(H,22,24)(H,23,25). The Hall–Kier alpha value is -2.82. The summed E-state index contributed by atoms with van der Waals surface area (Å²) in [4.78, 5) is 24.0. The summed E-state index contributed by atoms with van der Waals surface area (Å²) in [6.07, 6.45) is 1.37. The summed E-state index contributed by atoms with van der Waals surface area (Å²) in [5, 5.41) is 5.62. The van der Waals surface area contributed by atoms with E-state index >= 15 is 0 Å². The van der Waals surface area contributed by atoms with Crippen LogP contribution < -0.4 is 15.4 Å². The molecule has 2 amide bonds. The van der Waals surface area contributed by atoms with Crippen LogP contribution in [0.3, 0.4) is 0 Å². The third-order valence-electron chi connectivity index (χ3n) is 3.79. The van der Waals surface area contributed by atoms with E-state index in [0.29, 0.717) is 41.6 Å². The van der Waals surface area contributed by atoms with Crippen LogP contribution in [0, 0.1) is 5.92 Å². The number of carbonyl (C=O) groups excluding carboxylic acids is 2. The molecule has 0 aliphatic rings. The fourth-order valence-electron chi connectivity index (χ4n) is 2.27. The second kappa shape index (κ2) is 9.61. The molecule has 0 radical (unpaired) electrons. The van der Waals surface area contributed by atoms with Crippen molar-refractivity contribution in [2.75, 3.05) is 17.2 Å². The molecule has 5 nitrogen and oxygen atoms in total. The number of anilines is 2. The molecule has 5 heteroatoms. The van der Waals surface area contributed by atoms with Gasteiger partial charge in [0.15, 0.2) is 0 Å². The van der Waals surface area contributed by atoms with E-state index in [4.69, 9.17) is 4.74 Å². The van der Waals surface area contributed by atoms with E-state index in [1.807, 2.05) is 6.07 Å². The summed E-state index contributed by atoms with van der Waals surface area (Å²) in [6.45, 7) is 6.70. The molecule has 0 aliphatic carbocycles. The van der Waals surface area contributed by atoms with Crippen molar-refractivity contribution in [3.8, 4) is 5.75 Å². The topological polar surface area (TPSA) is 67.4 Å². The number of hydrogen-bond acceptors (Lipinski definition) is 3. The van der Waals surface area contributed by atoms with Crippen molar-refractivity contribution in [1.29, 1.82) is 0 Å². The van der Waals surface area contributed by atoms with E-state index in [1.165, 1.54) is 0 Å². The third-order valence-corrected chi connectivity index (χ3v) is 3.79. The molecule has 2 rings (SSSR count). The monoisotopic (exact) mass is 354 g/mol. The van der Waals surface area contributed by atoms with E-state index < -0.39 is 0 Å². The van der Waals surface area contributed by atoms with E-state index in [9.17, 15) is 9.59 Å². The molecule has 0 atom stereocenters. The van der Waals surface area contributed by atoms with Crippen LogP contribution in [-0.2, 0) is 4.79 Å². The van der Waals surface area contributed by atoms with Crippen molar-refractivity contribution in [2.24, 2.45) is 5.92 Å². The van der Waals surface area contributed by atoms with Crippen molar-refractivity contribution in [2.45, 2.75) is 33.6 Å². The largest absolute Gasteiger partial charge is 0.494 e. The molecule has 0 bridgehead atoms. The number of ether oxygens (including phenoxy) is 1. The summed E-state index contributed by atoms with van der Waals surface area (Å²) in [5.41, 5.74) is 1.80. The Morgan fingerprint density at radius 2 is 1.69 bits per heavy atom. The van der Waals surface area contributed by atoms with Gasteiger partial charge in [0.1, 0.15) is 5.75 Å². The van der Waals surface area contributed by atoms with Gasteiger partial charge in [-0.05, 0) is 48.7 Å². The SMILES string of the molecule is CCC(=O)Nc1cccc(NC(=O)c2cccc(OCCC(C)C)c2)c1. The lowest BCUT2D eigenvalue weighted by molar-refractivity contribution is -0.115. The minimum absolute atomic E-state index is 0.0697. The summed E-state index contributed by atoms with van der Waals surface area (Å²) in [6, 6.07) is 14.2. The molecular formula is C21H26N2O3. The molecular weight excluding hydrogens is 328 g/mol. The van der Waals surface area contributed by atoms with Crippen LogP contribution in [0.2, 0.25) is 0 Å². The molecule has 2 aromatic carbocycles. The molecule has 2 aromatic rings. The average molecular weight is 354 g/mol. The van der Waals surface area contributed by atoms with Gasteiger partial charge in [-0.1, -0.05) is 32.9 Å². The van der Waals surface area contributed by atoms with Gasteiger partial charge in [0.05, 0.1) is 6.61 Å². The molecule has 0 aromatic heterocycles. The van der Waals surface area contributed by atoms with Crippen molar-refractivity contribution in [3.05, 3.63) is 54.1 Å². The minimum atomic E-state index is -0.224. The highest BCUT2D eigenvalue weighted by molar-refractivity contribution is 6.05. The van der Waals surface area contributed by atoms with Gasteiger partial charge < -0.3 is 15.4 Å². The predicted octanol–water partition coefficient (Wildman–Crippen LogP) is 4.71. The second-order valence-corrected chi connectivity index (χ2v) is 6.50. The van der Waals surface area contributed by atoms with E-state index in [2.05, 4.69) is 24.5 Å². The average Bonchev–Trinajstić information content (AvgIpc) is 2.62. The van der Waals surface area contributed by atoms with E-state index in [0.717, 1.165) is 6.42 Å². The van der Waals surface area contributed by atoms with Gasteiger partial charge in [0.25, 0.3) is 5.91 Å². The summed E-state index contributed by atoms with van der Waals surface area (Å²) in [7, 11) is 0. The van der Waals surface area contributed by atoms with Crippen LogP contribution in [0.4, 0.5) is 11.4 Å². The first-order chi connectivity index (χ1) is 12.5. The zero-order chi connectivity index (χ0) is 18.9. The third kappa shape index (κ3) is 6.24. The van der Waals surface area contributed by atoms with E-state index in [-0.39, 0.29) is 11.8 Å². The Balaban J connectivity index is 2.01. The Morgan fingerprint density at radius 1 is 1.00 bits per heavy atom. The van der Waals surface area contributed by atoms with Crippen LogP contribution in [0.1, 0.15) is 44.0 Å². The number of hydrogen-bond donors (Lipinski definition) is 2. The van der Waals surface area contributed by atoms with Gasteiger partial charge in [-0.2, -0.15) is 0 Å². The number of amides is 2. The summed E-state index contributed by atoms with van der Waals surface area (Å²) < 4.78 is 5.71. The van der Waals surface area contributed by atoms with Gasteiger partial charge in [0.2, 0.25) is 5.91 Å². The Bertz CT molecular complexity index is 756. The maximum absolute atomic E-state index is 12.5. The number of rotatable bonds is 8. The second-order valence-electron chi connectivity index (χ2n) is 6.50. The van der Waals surface area contributed by atoms with E-state index in [1.54, 1.807) is 49.4 Å². The quantitative estimate of drug-likeness (QED) is 0.721. The molecule has 0 fully saturated rings. The molecule has 0 aliphatic heterocycles. The molecule has 0 saturated heterocycles. The molecule has 26 heavy (non-hydrogen) atoms. The highest BCUT2D eigenvalue weighted by Gasteiger charge is 2.08. The Kier molecular flexibility index (Phi) is 7.21. The molecule has 2 N–H and O–H groups in total. The molecule has 0 heterocycles. The highest BCUT2D eigenvalue weighted by atomic mass is 16.5. The van der Waals surface area contributed by atoms with Gasteiger partial charge in [0, 0.05) is 23.4 Å². The van der Waals surface area contributed by atoms with Gasteiger partial charge in [-0.3, -0.25) is 9.59 Å². The maximum atomic E-state index is 12.5. The first-order valence-corrected chi connectivity index (χ1v) is 8.92. The fourth-order valence-corrected chi connectivity index (χ4v) is 2.27. The van der Waals surface area contributed by atoms with Crippen molar-refractivity contribution in [3.63, 3.8) is 0 Å². The van der Waals surface area contributed by atoms with Crippen LogP contribution in [0.25, 0.3) is 0 Å². The lowest BCUT2D eigenvalue weighted by Crippen LogP contribution is -2.13. The Morgan fingerprint density at radius 3 is 2.38 bits per heavy atom. The number of nitrogens with one attached hydrogen (secondary N) is 2. The van der Waals surface area contributed by atoms with Gasteiger partial charge in [-0.25, -0.2) is 0 Å². The zero-order valence-electron chi connectivity index (χ0n) is 15.5. The van der Waals surface area contributed by atoms with Crippen LogP contribution >= 0.6 is 0 Å². The molecule has 0 unspecified atom stereocenters. The smallest absolute Gasteiger partial charge is 0.255 e. The highest BCUT2D eigenvalue weighted by Crippen LogP contribution is 2.18. The first-order valence-electron chi connectivity index (χ1n) is 8.92. The molecule has 138 valence electrons. The fraction of sp³-hybridized carbons (Fsp3) is 0.333. The lowest BCUT2D eigenvalue weighted by atomic mass is 10.1. The normalized spacial score (nSPS) is 10.5. The van der Waals surface area contributed by atoms with Crippen LogP contribution in [0.15, 0.2) is 48.5 Å². The lowest BCUT2D eigenvalue weighted by Gasteiger charge is -2.11.